The fraction of sp³-hybridized carbons (Fsp3) is 0.333. The van der Waals surface area contributed by atoms with Crippen molar-refractivity contribution in [3.8, 4) is 11.8 Å². The van der Waals surface area contributed by atoms with Crippen LogP contribution in [0.15, 0.2) is 12.1 Å². The zero-order valence-corrected chi connectivity index (χ0v) is 9.28. The highest BCUT2D eigenvalue weighted by molar-refractivity contribution is 5.92. The molecule has 0 amide bonds. The molecule has 1 aromatic carbocycles. The fourth-order valence-corrected chi connectivity index (χ4v) is 1.39. The number of carbonyl (C=O) groups excluding carboxylic acids is 1. The molecular formula is C12H13NO3. The topological polar surface area (TPSA) is 70.3 Å². The largest absolute Gasteiger partial charge is 0.508 e. The number of nitriles is 1. The molecule has 16 heavy (non-hydrogen) atoms. The highest BCUT2D eigenvalue weighted by atomic mass is 16.5. The van der Waals surface area contributed by atoms with Gasteiger partial charge in [-0.2, -0.15) is 5.26 Å². The molecule has 0 bridgehead atoms. The van der Waals surface area contributed by atoms with Gasteiger partial charge in [-0.05, 0) is 31.0 Å². The average Bonchev–Trinajstić information content (AvgIpc) is 2.28. The molecule has 0 unspecified atom stereocenters. The van der Waals surface area contributed by atoms with Gasteiger partial charge in [0.15, 0.2) is 0 Å². The molecule has 84 valence electrons. The molecular weight excluding hydrogens is 206 g/mol. The maximum atomic E-state index is 11.5. The van der Waals surface area contributed by atoms with Crippen LogP contribution in [0.3, 0.4) is 0 Å². The smallest absolute Gasteiger partial charge is 0.339 e. The minimum absolute atomic E-state index is 0.0344. The molecule has 0 spiro atoms. The third-order valence-corrected chi connectivity index (χ3v) is 2.22. The standard InChI is InChI=1S/C12H13NO3/c1-3-8-5-10(12(15)16-4-2)9(7-13)6-11(8)14/h5-6,14H,3-4H2,1-2H3. The van der Waals surface area contributed by atoms with Crippen molar-refractivity contribution in [2.75, 3.05) is 6.61 Å². The number of aryl methyl sites for hydroxylation is 1. The van der Waals surface area contributed by atoms with Gasteiger partial charge in [0.25, 0.3) is 0 Å². The SMILES string of the molecule is CCOC(=O)c1cc(CC)c(O)cc1C#N. The van der Waals surface area contributed by atoms with Crippen molar-refractivity contribution in [3.63, 3.8) is 0 Å². The molecule has 1 aromatic rings. The van der Waals surface area contributed by atoms with E-state index in [9.17, 15) is 9.90 Å². The van der Waals surface area contributed by atoms with Gasteiger partial charge in [-0.25, -0.2) is 4.79 Å². The maximum Gasteiger partial charge on any atom is 0.339 e. The van der Waals surface area contributed by atoms with E-state index in [2.05, 4.69) is 0 Å². The van der Waals surface area contributed by atoms with E-state index in [4.69, 9.17) is 10.00 Å². The summed E-state index contributed by atoms with van der Waals surface area (Å²) in [7, 11) is 0. The highest BCUT2D eigenvalue weighted by Gasteiger charge is 2.15. The monoisotopic (exact) mass is 219 g/mol. The Bertz CT molecular complexity index is 446. The third kappa shape index (κ3) is 2.31. The first-order valence-corrected chi connectivity index (χ1v) is 5.07. The summed E-state index contributed by atoms with van der Waals surface area (Å²) in [6, 6.07) is 4.67. The van der Waals surface area contributed by atoms with E-state index in [0.717, 1.165) is 0 Å². The van der Waals surface area contributed by atoms with Gasteiger partial charge in [-0.1, -0.05) is 6.92 Å². The van der Waals surface area contributed by atoms with E-state index < -0.39 is 5.97 Å². The van der Waals surface area contributed by atoms with Crippen LogP contribution in [0.2, 0.25) is 0 Å². The second-order valence-corrected chi connectivity index (χ2v) is 3.21. The van der Waals surface area contributed by atoms with Gasteiger partial charge in [-0.15, -0.1) is 0 Å². The molecule has 0 saturated carbocycles. The van der Waals surface area contributed by atoms with Gasteiger partial charge in [0.2, 0.25) is 0 Å². The van der Waals surface area contributed by atoms with Crippen LogP contribution in [0.4, 0.5) is 0 Å². The number of carbonyl (C=O) groups is 1. The number of phenols is 1. The Balaban J connectivity index is 3.26. The summed E-state index contributed by atoms with van der Waals surface area (Å²) >= 11 is 0. The van der Waals surface area contributed by atoms with Gasteiger partial charge in [0.05, 0.1) is 17.7 Å². The quantitative estimate of drug-likeness (QED) is 0.789. The van der Waals surface area contributed by atoms with E-state index >= 15 is 0 Å². The van der Waals surface area contributed by atoms with Gasteiger partial charge < -0.3 is 9.84 Å². The zero-order valence-electron chi connectivity index (χ0n) is 9.28. The number of hydrogen-bond acceptors (Lipinski definition) is 4. The summed E-state index contributed by atoms with van der Waals surface area (Å²) in [5.74, 6) is -0.499. The first-order valence-electron chi connectivity index (χ1n) is 5.07. The molecule has 4 heteroatoms. The number of hydrogen-bond donors (Lipinski definition) is 1. The highest BCUT2D eigenvalue weighted by Crippen LogP contribution is 2.23. The van der Waals surface area contributed by atoms with Crippen molar-refractivity contribution in [1.82, 2.24) is 0 Å². The van der Waals surface area contributed by atoms with Crippen molar-refractivity contribution in [1.29, 1.82) is 5.26 Å². The number of ether oxygens (including phenoxy) is 1. The Labute approximate surface area is 94.1 Å². The summed E-state index contributed by atoms with van der Waals surface area (Å²) in [5.41, 5.74) is 0.967. The van der Waals surface area contributed by atoms with E-state index in [0.29, 0.717) is 12.0 Å². The molecule has 1 rings (SSSR count). The van der Waals surface area contributed by atoms with Crippen molar-refractivity contribution in [2.45, 2.75) is 20.3 Å². The van der Waals surface area contributed by atoms with Gasteiger partial charge >= 0.3 is 5.97 Å². The Morgan fingerprint density at radius 1 is 1.50 bits per heavy atom. The van der Waals surface area contributed by atoms with Crippen LogP contribution in [0.5, 0.6) is 5.75 Å². The first kappa shape index (κ1) is 12.1. The van der Waals surface area contributed by atoms with Gasteiger partial charge in [-0.3, -0.25) is 0 Å². The van der Waals surface area contributed by atoms with Crippen LogP contribution in [0.25, 0.3) is 0 Å². The lowest BCUT2D eigenvalue weighted by Gasteiger charge is -2.07. The molecule has 1 N–H and O–H groups in total. The lowest BCUT2D eigenvalue weighted by molar-refractivity contribution is 0.0526. The Morgan fingerprint density at radius 2 is 2.19 bits per heavy atom. The van der Waals surface area contributed by atoms with E-state index in [1.54, 1.807) is 6.92 Å². The number of phenolic OH excluding ortho intramolecular Hbond substituents is 1. The van der Waals surface area contributed by atoms with Crippen molar-refractivity contribution >= 4 is 5.97 Å². The molecule has 0 heterocycles. The summed E-state index contributed by atoms with van der Waals surface area (Å²) in [6.07, 6.45) is 0.587. The van der Waals surface area contributed by atoms with Crippen molar-refractivity contribution < 1.29 is 14.6 Å². The number of benzene rings is 1. The third-order valence-electron chi connectivity index (χ3n) is 2.22. The second kappa shape index (κ2) is 5.17. The van der Waals surface area contributed by atoms with Crippen molar-refractivity contribution in [3.05, 3.63) is 28.8 Å². The van der Waals surface area contributed by atoms with E-state index in [1.165, 1.54) is 12.1 Å². The van der Waals surface area contributed by atoms with Crippen LogP contribution in [-0.2, 0) is 11.2 Å². The van der Waals surface area contributed by atoms with Crippen LogP contribution >= 0.6 is 0 Å². The number of nitrogens with zero attached hydrogens (tertiary/aromatic N) is 1. The molecule has 0 atom stereocenters. The summed E-state index contributed by atoms with van der Waals surface area (Å²) < 4.78 is 4.84. The second-order valence-electron chi connectivity index (χ2n) is 3.21. The molecule has 0 radical (unpaired) electrons. The first-order chi connectivity index (χ1) is 7.63. The van der Waals surface area contributed by atoms with Gasteiger partial charge in [0.1, 0.15) is 11.8 Å². The molecule has 0 fully saturated rings. The Morgan fingerprint density at radius 3 is 2.69 bits per heavy atom. The molecule has 0 aliphatic carbocycles. The maximum absolute atomic E-state index is 11.5. The minimum Gasteiger partial charge on any atom is -0.508 e. The minimum atomic E-state index is -0.534. The molecule has 0 saturated heterocycles. The molecule has 0 aliphatic heterocycles. The van der Waals surface area contributed by atoms with Crippen LogP contribution < -0.4 is 0 Å². The molecule has 0 aromatic heterocycles. The van der Waals surface area contributed by atoms with E-state index in [1.807, 2.05) is 13.0 Å². The predicted octanol–water partition coefficient (Wildman–Crippen LogP) is 2.00. The van der Waals surface area contributed by atoms with Gasteiger partial charge in [0, 0.05) is 0 Å². The number of esters is 1. The zero-order chi connectivity index (χ0) is 12.1. The fourth-order valence-electron chi connectivity index (χ4n) is 1.39. The molecule has 0 aliphatic rings. The number of rotatable bonds is 3. The van der Waals surface area contributed by atoms with Crippen LogP contribution in [0, 0.1) is 11.3 Å². The summed E-state index contributed by atoms with van der Waals surface area (Å²) in [5, 5.41) is 18.4. The molecule has 4 nitrogen and oxygen atoms in total. The predicted molar refractivity (Wildman–Crippen MR) is 58.2 cm³/mol. The Hall–Kier alpha value is -2.02. The average molecular weight is 219 g/mol. The lowest BCUT2D eigenvalue weighted by Crippen LogP contribution is -2.07. The lowest BCUT2D eigenvalue weighted by atomic mass is 10.0. The van der Waals surface area contributed by atoms with Crippen LogP contribution in [0.1, 0.15) is 35.3 Å². The summed E-state index contributed by atoms with van der Waals surface area (Å²) in [4.78, 5) is 11.5. The Kier molecular flexibility index (Phi) is 3.90. The number of aromatic hydroxyl groups is 1. The van der Waals surface area contributed by atoms with Crippen LogP contribution in [-0.4, -0.2) is 17.7 Å². The summed E-state index contributed by atoms with van der Waals surface area (Å²) in [6.45, 7) is 3.81. The normalized spacial score (nSPS) is 9.56. The van der Waals surface area contributed by atoms with E-state index in [-0.39, 0.29) is 23.5 Å². The van der Waals surface area contributed by atoms with Crippen molar-refractivity contribution in [2.24, 2.45) is 0 Å².